The second-order valence-corrected chi connectivity index (χ2v) is 4.84. The molecule has 0 atom stereocenters. The topological polar surface area (TPSA) is 64.3 Å². The van der Waals surface area contributed by atoms with E-state index >= 15 is 0 Å². The van der Waals surface area contributed by atoms with Crippen molar-refractivity contribution in [2.75, 3.05) is 30.8 Å². The molecule has 1 aromatic heterocycles. The van der Waals surface area contributed by atoms with E-state index in [0.29, 0.717) is 12.1 Å². The van der Waals surface area contributed by atoms with Crippen molar-refractivity contribution >= 4 is 22.7 Å². The van der Waals surface area contributed by atoms with Gasteiger partial charge in [0.15, 0.2) is 0 Å². The number of para-hydroxylation sites is 1. The van der Waals surface area contributed by atoms with Gasteiger partial charge in [0.05, 0.1) is 11.6 Å². The summed E-state index contributed by atoms with van der Waals surface area (Å²) in [5.41, 5.74) is 6.71. The van der Waals surface area contributed by atoms with Crippen LogP contribution in [0.2, 0.25) is 0 Å². The Morgan fingerprint density at radius 3 is 2.68 bits per heavy atom. The van der Waals surface area contributed by atoms with Crippen LogP contribution in [0.3, 0.4) is 0 Å². The van der Waals surface area contributed by atoms with Crippen molar-refractivity contribution in [1.82, 2.24) is 9.97 Å². The minimum Gasteiger partial charge on any atom is -0.381 e. The minimum atomic E-state index is 0.336. The summed E-state index contributed by atoms with van der Waals surface area (Å²) in [7, 11) is 1.78. The number of anilines is 2. The molecule has 0 spiro atoms. The molecule has 5 heteroatoms. The molecule has 0 radical (unpaired) electrons. The summed E-state index contributed by atoms with van der Waals surface area (Å²) in [6, 6.07) is 7.99. The number of nitrogen functional groups attached to an aromatic ring is 1. The largest absolute Gasteiger partial charge is 0.381 e. The van der Waals surface area contributed by atoms with E-state index in [2.05, 4.69) is 14.9 Å². The number of nitrogens with zero attached hydrogens (tertiary/aromatic N) is 3. The average molecular weight is 258 g/mol. The van der Waals surface area contributed by atoms with Crippen LogP contribution in [-0.4, -0.2) is 36.3 Å². The summed E-state index contributed by atoms with van der Waals surface area (Å²) in [5, 5.41) is 1.06. The zero-order valence-electron chi connectivity index (χ0n) is 11.0. The Morgan fingerprint density at radius 2 is 1.95 bits per heavy atom. The number of rotatable bonds is 2. The maximum atomic E-state index is 5.81. The second kappa shape index (κ2) is 5.01. The SMILES string of the molecule is COC1CCN(c2nc(N)nc3ccccc23)CC1. The zero-order valence-corrected chi connectivity index (χ0v) is 11.0. The first kappa shape index (κ1) is 12.2. The van der Waals surface area contributed by atoms with Crippen molar-refractivity contribution in [2.24, 2.45) is 0 Å². The molecule has 19 heavy (non-hydrogen) atoms. The summed E-state index contributed by atoms with van der Waals surface area (Å²) in [4.78, 5) is 11.0. The van der Waals surface area contributed by atoms with E-state index in [0.717, 1.165) is 42.7 Å². The molecule has 0 bridgehead atoms. The van der Waals surface area contributed by atoms with Gasteiger partial charge in [0.25, 0.3) is 0 Å². The summed E-state index contributed by atoms with van der Waals surface area (Å²) in [5.74, 6) is 1.28. The maximum absolute atomic E-state index is 5.81. The molecule has 3 rings (SSSR count). The number of aromatic nitrogens is 2. The van der Waals surface area contributed by atoms with E-state index in [1.54, 1.807) is 7.11 Å². The van der Waals surface area contributed by atoms with Crippen LogP contribution in [-0.2, 0) is 4.74 Å². The Hall–Kier alpha value is -1.88. The fourth-order valence-electron chi connectivity index (χ4n) is 2.62. The number of hydrogen-bond donors (Lipinski definition) is 1. The number of nitrogens with two attached hydrogens (primary N) is 1. The van der Waals surface area contributed by atoms with E-state index in [1.807, 2.05) is 24.3 Å². The first-order valence-corrected chi connectivity index (χ1v) is 6.58. The molecule has 1 aromatic carbocycles. The number of ether oxygens (including phenoxy) is 1. The Bertz CT molecular complexity index is 579. The van der Waals surface area contributed by atoms with Gasteiger partial charge >= 0.3 is 0 Å². The molecule has 2 aromatic rings. The molecule has 1 aliphatic heterocycles. The zero-order chi connectivity index (χ0) is 13.2. The van der Waals surface area contributed by atoms with E-state index in [9.17, 15) is 0 Å². The fraction of sp³-hybridized carbons (Fsp3) is 0.429. The molecule has 1 saturated heterocycles. The Kier molecular flexibility index (Phi) is 3.21. The fourth-order valence-corrected chi connectivity index (χ4v) is 2.62. The van der Waals surface area contributed by atoms with Gasteiger partial charge in [0.1, 0.15) is 5.82 Å². The van der Waals surface area contributed by atoms with Gasteiger partial charge in [-0.25, -0.2) is 4.98 Å². The molecule has 0 amide bonds. The summed E-state index contributed by atoms with van der Waals surface area (Å²) in [6.07, 6.45) is 2.41. The lowest BCUT2D eigenvalue weighted by Gasteiger charge is -2.32. The highest BCUT2D eigenvalue weighted by molar-refractivity contribution is 5.90. The molecule has 0 saturated carbocycles. The average Bonchev–Trinajstić information content (AvgIpc) is 2.46. The maximum Gasteiger partial charge on any atom is 0.222 e. The van der Waals surface area contributed by atoms with E-state index in [1.165, 1.54) is 0 Å². The van der Waals surface area contributed by atoms with Gasteiger partial charge in [-0.15, -0.1) is 0 Å². The van der Waals surface area contributed by atoms with Crippen LogP contribution >= 0.6 is 0 Å². The number of benzene rings is 1. The first-order chi connectivity index (χ1) is 9.28. The standard InChI is InChI=1S/C14H18N4O/c1-19-10-6-8-18(9-7-10)13-11-4-2-3-5-12(11)16-14(15)17-13/h2-5,10H,6-9H2,1H3,(H2,15,16,17). The molecule has 2 heterocycles. The second-order valence-electron chi connectivity index (χ2n) is 4.84. The number of methoxy groups -OCH3 is 1. The molecule has 2 N–H and O–H groups in total. The number of fused-ring (bicyclic) bond motifs is 1. The summed E-state index contributed by atoms with van der Waals surface area (Å²) < 4.78 is 5.40. The van der Waals surface area contributed by atoms with E-state index in [4.69, 9.17) is 10.5 Å². The van der Waals surface area contributed by atoms with Crippen LogP contribution in [0.4, 0.5) is 11.8 Å². The molecule has 1 aliphatic rings. The quantitative estimate of drug-likeness (QED) is 0.890. The van der Waals surface area contributed by atoms with Crippen LogP contribution in [0.1, 0.15) is 12.8 Å². The molecule has 5 nitrogen and oxygen atoms in total. The Morgan fingerprint density at radius 1 is 1.21 bits per heavy atom. The summed E-state index contributed by atoms with van der Waals surface area (Å²) in [6.45, 7) is 1.89. The molecule has 1 fully saturated rings. The highest BCUT2D eigenvalue weighted by Crippen LogP contribution is 2.27. The third-order valence-electron chi connectivity index (χ3n) is 3.68. The van der Waals surface area contributed by atoms with Crippen molar-refractivity contribution in [3.05, 3.63) is 24.3 Å². The van der Waals surface area contributed by atoms with Gasteiger partial charge < -0.3 is 15.4 Å². The van der Waals surface area contributed by atoms with Crippen LogP contribution in [0.25, 0.3) is 10.9 Å². The smallest absolute Gasteiger partial charge is 0.222 e. The lowest BCUT2D eigenvalue weighted by molar-refractivity contribution is 0.0818. The van der Waals surface area contributed by atoms with Crippen LogP contribution in [0.5, 0.6) is 0 Å². The third-order valence-corrected chi connectivity index (χ3v) is 3.68. The van der Waals surface area contributed by atoms with Gasteiger partial charge in [-0.05, 0) is 25.0 Å². The van der Waals surface area contributed by atoms with Gasteiger partial charge in [0.2, 0.25) is 5.95 Å². The molecule has 0 aliphatic carbocycles. The predicted octanol–water partition coefficient (Wildman–Crippen LogP) is 1.83. The van der Waals surface area contributed by atoms with Crippen molar-refractivity contribution in [3.8, 4) is 0 Å². The monoisotopic (exact) mass is 258 g/mol. The third kappa shape index (κ3) is 2.33. The van der Waals surface area contributed by atoms with Crippen LogP contribution in [0.15, 0.2) is 24.3 Å². The number of piperidine rings is 1. The normalized spacial score (nSPS) is 17.0. The Labute approximate surface area is 112 Å². The highest BCUT2D eigenvalue weighted by Gasteiger charge is 2.21. The summed E-state index contributed by atoms with van der Waals surface area (Å²) >= 11 is 0. The molecular formula is C14H18N4O. The first-order valence-electron chi connectivity index (χ1n) is 6.58. The lowest BCUT2D eigenvalue weighted by atomic mass is 10.1. The molecular weight excluding hydrogens is 240 g/mol. The van der Waals surface area contributed by atoms with Gasteiger partial charge in [-0.2, -0.15) is 4.98 Å². The van der Waals surface area contributed by atoms with E-state index < -0.39 is 0 Å². The van der Waals surface area contributed by atoms with Gasteiger partial charge in [-0.1, -0.05) is 12.1 Å². The highest BCUT2D eigenvalue weighted by atomic mass is 16.5. The van der Waals surface area contributed by atoms with Crippen molar-refractivity contribution in [3.63, 3.8) is 0 Å². The predicted molar refractivity (Wildman–Crippen MR) is 76.2 cm³/mol. The van der Waals surface area contributed by atoms with Gasteiger partial charge in [-0.3, -0.25) is 0 Å². The van der Waals surface area contributed by atoms with Crippen molar-refractivity contribution < 1.29 is 4.74 Å². The minimum absolute atomic E-state index is 0.336. The van der Waals surface area contributed by atoms with Crippen molar-refractivity contribution in [1.29, 1.82) is 0 Å². The van der Waals surface area contributed by atoms with E-state index in [-0.39, 0.29) is 0 Å². The lowest BCUT2D eigenvalue weighted by Crippen LogP contribution is -2.37. The Balaban J connectivity index is 1.96. The van der Waals surface area contributed by atoms with Crippen molar-refractivity contribution in [2.45, 2.75) is 18.9 Å². The van der Waals surface area contributed by atoms with Crippen LogP contribution < -0.4 is 10.6 Å². The molecule has 100 valence electrons. The van der Waals surface area contributed by atoms with Crippen LogP contribution in [0, 0.1) is 0 Å². The number of hydrogen-bond acceptors (Lipinski definition) is 5. The molecule has 0 unspecified atom stereocenters. The van der Waals surface area contributed by atoms with Gasteiger partial charge in [0, 0.05) is 25.6 Å².